The number of hydrogen-bond acceptors (Lipinski definition) is 3. The Labute approximate surface area is 235 Å². The van der Waals surface area contributed by atoms with Crippen molar-refractivity contribution in [2.45, 2.75) is 73.1 Å². The largest absolute Gasteiger partial charge is 0.481 e. The van der Waals surface area contributed by atoms with Gasteiger partial charge in [0.1, 0.15) is 0 Å². The van der Waals surface area contributed by atoms with Crippen molar-refractivity contribution in [3.05, 3.63) is 68.7 Å². The molecule has 8 heteroatoms. The van der Waals surface area contributed by atoms with Crippen molar-refractivity contribution in [2.24, 2.45) is 10.9 Å². The van der Waals surface area contributed by atoms with Gasteiger partial charge in [0.15, 0.2) is 0 Å². The van der Waals surface area contributed by atoms with E-state index in [0.717, 1.165) is 36.6 Å². The van der Waals surface area contributed by atoms with Gasteiger partial charge in [0.25, 0.3) is 5.92 Å². The highest BCUT2D eigenvalue weighted by atomic mass is 35.5. The maximum absolute atomic E-state index is 14.0. The molecule has 0 radical (unpaired) electrons. The molecule has 208 valence electrons. The maximum atomic E-state index is 14.0. The molecule has 2 aromatic carbocycles. The SMILES string of the molecule is C=C(c1ccc(Cl)c(CC(C)=Nc2c(C)ccc(C(C)(F)F)c2C)c1Cl)N1CCC(CC(=O)O)CC1.CC. The molecule has 1 N–H and O–H groups in total. The van der Waals surface area contributed by atoms with E-state index in [9.17, 15) is 13.6 Å². The first-order valence-corrected chi connectivity index (χ1v) is 13.7. The lowest BCUT2D eigenvalue weighted by atomic mass is 9.92. The molecule has 1 aliphatic heterocycles. The van der Waals surface area contributed by atoms with E-state index in [4.69, 9.17) is 33.3 Å². The number of aryl methyl sites for hydroxylation is 1. The van der Waals surface area contributed by atoms with Crippen LogP contribution in [0.3, 0.4) is 0 Å². The number of alkyl halides is 2. The van der Waals surface area contributed by atoms with Crippen LogP contribution >= 0.6 is 23.2 Å². The summed E-state index contributed by atoms with van der Waals surface area (Å²) in [5.41, 5.74) is 4.68. The van der Waals surface area contributed by atoms with Crippen LogP contribution in [0.1, 0.15) is 74.8 Å². The van der Waals surface area contributed by atoms with Gasteiger partial charge in [-0.2, -0.15) is 0 Å². The van der Waals surface area contributed by atoms with Crippen molar-refractivity contribution in [1.29, 1.82) is 0 Å². The quantitative estimate of drug-likeness (QED) is 0.324. The van der Waals surface area contributed by atoms with Crippen LogP contribution in [0.15, 0.2) is 35.8 Å². The molecule has 1 heterocycles. The molecule has 0 aliphatic carbocycles. The molecule has 3 rings (SSSR count). The first kappa shape index (κ1) is 31.8. The summed E-state index contributed by atoms with van der Waals surface area (Å²) in [6.07, 6.45) is 2.10. The number of hydrogen-bond donors (Lipinski definition) is 1. The van der Waals surface area contributed by atoms with Crippen molar-refractivity contribution in [3.63, 3.8) is 0 Å². The molecule has 4 nitrogen and oxygen atoms in total. The zero-order valence-electron chi connectivity index (χ0n) is 23.1. The van der Waals surface area contributed by atoms with Crippen molar-refractivity contribution < 1.29 is 18.7 Å². The molecule has 38 heavy (non-hydrogen) atoms. The highest BCUT2D eigenvalue weighted by Gasteiger charge is 2.28. The number of likely N-dealkylation sites (tertiary alicyclic amines) is 1. The minimum atomic E-state index is -2.96. The van der Waals surface area contributed by atoms with Gasteiger partial charge in [0.2, 0.25) is 0 Å². The predicted octanol–water partition coefficient (Wildman–Crippen LogP) is 9.24. The number of piperidine rings is 1. The summed E-state index contributed by atoms with van der Waals surface area (Å²) in [4.78, 5) is 17.8. The van der Waals surface area contributed by atoms with Crippen molar-refractivity contribution in [1.82, 2.24) is 4.90 Å². The van der Waals surface area contributed by atoms with Crippen LogP contribution in [0.2, 0.25) is 10.0 Å². The van der Waals surface area contributed by atoms with Crippen LogP contribution < -0.4 is 0 Å². The minimum absolute atomic E-state index is 0.0406. The Morgan fingerprint density at radius 2 is 1.76 bits per heavy atom. The molecule has 0 unspecified atom stereocenters. The molecule has 0 saturated carbocycles. The highest BCUT2D eigenvalue weighted by molar-refractivity contribution is 6.37. The molecule has 1 fully saturated rings. The number of aliphatic imine (C=N–C) groups is 1. The molecule has 0 atom stereocenters. The Hall–Kier alpha value is -2.44. The van der Waals surface area contributed by atoms with Gasteiger partial charge in [-0.1, -0.05) is 55.8 Å². The van der Waals surface area contributed by atoms with Gasteiger partial charge in [0, 0.05) is 60.4 Å². The lowest BCUT2D eigenvalue weighted by Crippen LogP contribution is -2.33. The molecule has 0 bridgehead atoms. The zero-order valence-corrected chi connectivity index (χ0v) is 24.6. The minimum Gasteiger partial charge on any atom is -0.481 e. The van der Waals surface area contributed by atoms with Crippen LogP contribution in [0.4, 0.5) is 14.5 Å². The van der Waals surface area contributed by atoms with Gasteiger partial charge in [-0.25, -0.2) is 8.78 Å². The van der Waals surface area contributed by atoms with Gasteiger partial charge in [-0.05, 0) is 68.4 Å². The summed E-state index contributed by atoms with van der Waals surface area (Å²) in [5.74, 6) is -3.56. The summed E-state index contributed by atoms with van der Waals surface area (Å²) in [5, 5.41) is 10.0. The fourth-order valence-electron chi connectivity index (χ4n) is 4.78. The van der Waals surface area contributed by atoms with E-state index in [2.05, 4.69) is 11.5 Å². The number of rotatable bonds is 8. The second-order valence-corrected chi connectivity index (χ2v) is 10.5. The van der Waals surface area contributed by atoms with Gasteiger partial charge in [-0.15, -0.1) is 0 Å². The number of halogens is 4. The molecule has 1 saturated heterocycles. The van der Waals surface area contributed by atoms with Gasteiger partial charge in [-0.3, -0.25) is 9.79 Å². The van der Waals surface area contributed by atoms with Crippen molar-refractivity contribution >= 4 is 46.3 Å². The van der Waals surface area contributed by atoms with E-state index in [1.54, 1.807) is 19.1 Å². The standard InChI is InChI=1S/C28H32Cl2F2N2O2.C2H6/c1-16-6-8-23(28(5,31)32)18(3)27(16)33-17(2)14-22-24(29)9-7-21(26(22)30)19(4)34-12-10-20(11-13-34)15-25(35)36;1-2/h6-9,20H,4,10-15H2,1-3,5H3,(H,35,36);1-2H3. The molecule has 2 aromatic rings. The monoisotopic (exact) mass is 566 g/mol. The number of benzene rings is 2. The fourth-order valence-corrected chi connectivity index (χ4v) is 5.39. The van der Waals surface area contributed by atoms with E-state index in [1.807, 2.05) is 33.8 Å². The van der Waals surface area contributed by atoms with Crippen LogP contribution in [0.25, 0.3) is 5.70 Å². The summed E-state index contributed by atoms with van der Waals surface area (Å²) < 4.78 is 28.1. The van der Waals surface area contributed by atoms with Crippen molar-refractivity contribution in [2.75, 3.05) is 13.1 Å². The molecule has 0 amide bonds. The Balaban J connectivity index is 0.00000247. The zero-order chi connectivity index (χ0) is 28.8. The summed E-state index contributed by atoms with van der Waals surface area (Å²) in [6, 6.07) is 6.73. The fraction of sp³-hybridized carbons (Fsp3) is 0.467. The molecule has 1 aliphatic rings. The van der Waals surface area contributed by atoms with Crippen LogP contribution in [0, 0.1) is 19.8 Å². The Bertz CT molecular complexity index is 1200. The number of carboxylic acids is 1. The average molecular weight is 568 g/mol. The molecular formula is C30H38Cl2F2N2O2. The Kier molecular flexibility index (Phi) is 11.3. The highest BCUT2D eigenvalue weighted by Crippen LogP contribution is 2.38. The molecular weight excluding hydrogens is 529 g/mol. The average Bonchev–Trinajstić information content (AvgIpc) is 2.84. The topological polar surface area (TPSA) is 52.9 Å². The third-order valence-electron chi connectivity index (χ3n) is 6.80. The van der Waals surface area contributed by atoms with E-state index >= 15 is 0 Å². The smallest absolute Gasteiger partial charge is 0.303 e. The second kappa shape index (κ2) is 13.6. The third kappa shape index (κ3) is 7.79. The lowest BCUT2D eigenvalue weighted by Gasteiger charge is -2.34. The lowest BCUT2D eigenvalue weighted by molar-refractivity contribution is -0.138. The summed E-state index contributed by atoms with van der Waals surface area (Å²) in [7, 11) is 0. The maximum Gasteiger partial charge on any atom is 0.303 e. The predicted molar refractivity (Wildman–Crippen MR) is 155 cm³/mol. The van der Waals surface area contributed by atoms with E-state index in [1.165, 1.54) is 6.07 Å². The number of aliphatic carboxylic acids is 1. The van der Waals surface area contributed by atoms with E-state index in [0.29, 0.717) is 52.1 Å². The van der Waals surface area contributed by atoms with E-state index in [-0.39, 0.29) is 17.9 Å². The summed E-state index contributed by atoms with van der Waals surface area (Å²) in [6.45, 7) is 15.9. The Morgan fingerprint density at radius 1 is 1.16 bits per heavy atom. The molecule has 0 aromatic heterocycles. The second-order valence-electron chi connectivity index (χ2n) is 9.68. The van der Waals surface area contributed by atoms with Gasteiger partial charge >= 0.3 is 5.97 Å². The van der Waals surface area contributed by atoms with Crippen LogP contribution in [0.5, 0.6) is 0 Å². The van der Waals surface area contributed by atoms with Crippen LogP contribution in [-0.2, 0) is 17.1 Å². The third-order valence-corrected chi connectivity index (χ3v) is 7.58. The number of carboxylic acid groups (broad SMARTS) is 1. The number of carbonyl (C=O) groups is 1. The Morgan fingerprint density at radius 3 is 2.32 bits per heavy atom. The van der Waals surface area contributed by atoms with Gasteiger partial charge in [0.05, 0.1) is 10.7 Å². The number of nitrogens with zero attached hydrogens (tertiary/aromatic N) is 2. The first-order valence-electron chi connectivity index (χ1n) is 12.9. The van der Waals surface area contributed by atoms with Crippen LogP contribution in [-0.4, -0.2) is 34.8 Å². The van der Waals surface area contributed by atoms with E-state index < -0.39 is 11.9 Å². The summed E-state index contributed by atoms with van der Waals surface area (Å²) >= 11 is 13.3. The first-order chi connectivity index (χ1) is 17.8. The van der Waals surface area contributed by atoms with Crippen molar-refractivity contribution in [3.8, 4) is 0 Å². The normalized spacial score (nSPS) is 14.7. The molecule has 0 spiro atoms. The van der Waals surface area contributed by atoms with Gasteiger partial charge < -0.3 is 10.0 Å².